The van der Waals surface area contributed by atoms with Crippen LogP contribution in [-0.4, -0.2) is 22.3 Å². The summed E-state index contributed by atoms with van der Waals surface area (Å²) in [6, 6.07) is 12.7. The predicted molar refractivity (Wildman–Crippen MR) is 101 cm³/mol. The van der Waals surface area contributed by atoms with Crippen LogP contribution in [0.25, 0.3) is 0 Å². The molecule has 26 heavy (non-hydrogen) atoms. The lowest BCUT2D eigenvalue weighted by molar-refractivity contribution is -0.122. The van der Waals surface area contributed by atoms with Crippen LogP contribution < -0.4 is 5.43 Å². The molecule has 1 fully saturated rings. The molecule has 0 aliphatic heterocycles. The number of hydrogen-bond acceptors (Lipinski definition) is 4. The smallest absolute Gasteiger partial charge is 0.243 e. The maximum absolute atomic E-state index is 12.2. The fourth-order valence-electron chi connectivity index (χ4n) is 2.97. The van der Waals surface area contributed by atoms with Gasteiger partial charge in [0.1, 0.15) is 11.5 Å². The fourth-order valence-corrected chi connectivity index (χ4v) is 2.97. The van der Waals surface area contributed by atoms with E-state index in [0.717, 1.165) is 6.42 Å². The van der Waals surface area contributed by atoms with Gasteiger partial charge in [0.05, 0.1) is 6.21 Å². The zero-order chi connectivity index (χ0) is 18.9. The van der Waals surface area contributed by atoms with Gasteiger partial charge in [-0.25, -0.2) is 5.43 Å². The van der Waals surface area contributed by atoms with Crippen molar-refractivity contribution in [2.75, 3.05) is 0 Å². The molecule has 1 amide bonds. The SMILES string of the molecule is CC(C)(C)c1ccc(C2CC2C(=O)NN=Cc2ccc(O)cc2O)cc1. The number of phenolic OH excluding ortho intramolecular Hbond substituents is 2. The molecule has 0 aromatic heterocycles. The maximum Gasteiger partial charge on any atom is 0.243 e. The van der Waals surface area contributed by atoms with Gasteiger partial charge in [-0.1, -0.05) is 45.0 Å². The van der Waals surface area contributed by atoms with E-state index in [-0.39, 0.29) is 34.7 Å². The molecule has 2 aromatic rings. The fraction of sp³-hybridized carbons (Fsp3) is 0.333. The van der Waals surface area contributed by atoms with E-state index in [4.69, 9.17) is 0 Å². The number of phenols is 2. The number of carbonyl (C=O) groups is 1. The van der Waals surface area contributed by atoms with Crippen molar-refractivity contribution in [3.05, 3.63) is 59.2 Å². The summed E-state index contributed by atoms with van der Waals surface area (Å²) in [5, 5.41) is 22.8. The molecule has 136 valence electrons. The Labute approximate surface area is 153 Å². The van der Waals surface area contributed by atoms with E-state index in [1.54, 1.807) is 0 Å². The second-order valence-electron chi connectivity index (χ2n) is 7.80. The summed E-state index contributed by atoms with van der Waals surface area (Å²) in [5.41, 5.74) is 5.53. The first-order chi connectivity index (χ1) is 12.3. The average molecular weight is 352 g/mol. The van der Waals surface area contributed by atoms with E-state index in [1.165, 1.54) is 35.5 Å². The summed E-state index contributed by atoms with van der Waals surface area (Å²) in [5.74, 6) is -0.0695. The standard InChI is InChI=1S/C21H24N2O3/c1-21(2,3)15-7-4-13(5-8-15)17-11-18(17)20(26)23-22-12-14-6-9-16(24)10-19(14)25/h4-10,12,17-18,24-25H,11H2,1-3H3,(H,23,26). The van der Waals surface area contributed by atoms with Gasteiger partial charge in [-0.2, -0.15) is 5.10 Å². The van der Waals surface area contributed by atoms with Crippen molar-refractivity contribution in [1.82, 2.24) is 5.43 Å². The zero-order valence-corrected chi connectivity index (χ0v) is 15.2. The Morgan fingerprint density at radius 1 is 1.15 bits per heavy atom. The molecular formula is C21H24N2O3. The molecule has 1 saturated carbocycles. The topological polar surface area (TPSA) is 81.9 Å². The van der Waals surface area contributed by atoms with Crippen LogP contribution in [0.2, 0.25) is 0 Å². The number of benzene rings is 2. The van der Waals surface area contributed by atoms with Crippen LogP contribution in [0.15, 0.2) is 47.6 Å². The number of aromatic hydroxyl groups is 2. The summed E-state index contributed by atoms with van der Waals surface area (Å²) in [7, 11) is 0. The number of amides is 1. The van der Waals surface area contributed by atoms with Crippen molar-refractivity contribution >= 4 is 12.1 Å². The number of hydrazone groups is 1. The molecule has 5 nitrogen and oxygen atoms in total. The van der Waals surface area contributed by atoms with Crippen molar-refractivity contribution in [1.29, 1.82) is 0 Å². The largest absolute Gasteiger partial charge is 0.508 e. The van der Waals surface area contributed by atoms with Crippen LogP contribution in [0, 0.1) is 5.92 Å². The minimum absolute atomic E-state index is 0.0259. The van der Waals surface area contributed by atoms with E-state index >= 15 is 0 Å². The minimum atomic E-state index is -0.121. The Kier molecular flexibility index (Phi) is 4.72. The van der Waals surface area contributed by atoms with Gasteiger partial charge < -0.3 is 10.2 Å². The van der Waals surface area contributed by atoms with Crippen LogP contribution in [0.4, 0.5) is 0 Å². The molecule has 2 aromatic carbocycles. The van der Waals surface area contributed by atoms with Gasteiger partial charge in [-0.05, 0) is 41.0 Å². The molecule has 1 aliphatic rings. The van der Waals surface area contributed by atoms with Crippen molar-refractivity contribution in [3.63, 3.8) is 0 Å². The first-order valence-corrected chi connectivity index (χ1v) is 8.71. The Balaban J connectivity index is 1.56. The van der Waals surface area contributed by atoms with Gasteiger partial charge in [-0.15, -0.1) is 0 Å². The second kappa shape index (κ2) is 6.83. The van der Waals surface area contributed by atoms with Crippen molar-refractivity contribution in [3.8, 4) is 11.5 Å². The number of rotatable bonds is 4. The Bertz CT molecular complexity index is 835. The van der Waals surface area contributed by atoms with E-state index in [2.05, 4.69) is 55.6 Å². The van der Waals surface area contributed by atoms with Gasteiger partial charge in [0.25, 0.3) is 0 Å². The molecule has 1 aliphatic carbocycles. The number of nitrogens with one attached hydrogen (secondary N) is 1. The highest BCUT2D eigenvalue weighted by Crippen LogP contribution is 2.47. The van der Waals surface area contributed by atoms with Crippen LogP contribution in [0.5, 0.6) is 11.5 Å². The van der Waals surface area contributed by atoms with Gasteiger partial charge in [0, 0.05) is 17.5 Å². The lowest BCUT2D eigenvalue weighted by Crippen LogP contribution is -2.20. The Hall–Kier alpha value is -2.82. The van der Waals surface area contributed by atoms with Crippen LogP contribution in [-0.2, 0) is 10.2 Å². The predicted octanol–water partition coefficient (Wildman–Crippen LogP) is 3.65. The van der Waals surface area contributed by atoms with E-state index < -0.39 is 0 Å². The maximum atomic E-state index is 12.2. The molecule has 3 N–H and O–H groups in total. The van der Waals surface area contributed by atoms with E-state index in [9.17, 15) is 15.0 Å². The zero-order valence-electron chi connectivity index (χ0n) is 15.2. The quantitative estimate of drug-likeness (QED) is 0.580. The number of nitrogens with zero attached hydrogens (tertiary/aromatic N) is 1. The summed E-state index contributed by atoms with van der Waals surface area (Å²) in [6.07, 6.45) is 2.18. The lowest BCUT2D eigenvalue weighted by Gasteiger charge is -2.19. The lowest BCUT2D eigenvalue weighted by atomic mass is 9.86. The summed E-state index contributed by atoms with van der Waals surface area (Å²) in [4.78, 5) is 12.2. The molecule has 0 spiro atoms. The van der Waals surface area contributed by atoms with Crippen LogP contribution in [0.3, 0.4) is 0 Å². The number of hydrogen-bond donors (Lipinski definition) is 3. The van der Waals surface area contributed by atoms with Gasteiger partial charge in [0.15, 0.2) is 0 Å². The first-order valence-electron chi connectivity index (χ1n) is 8.71. The highest BCUT2D eigenvalue weighted by atomic mass is 16.3. The summed E-state index contributed by atoms with van der Waals surface area (Å²) < 4.78 is 0. The summed E-state index contributed by atoms with van der Waals surface area (Å²) >= 11 is 0. The normalized spacial score (nSPS) is 19.5. The van der Waals surface area contributed by atoms with Gasteiger partial charge in [-0.3, -0.25) is 4.79 Å². The van der Waals surface area contributed by atoms with E-state index in [1.807, 2.05) is 0 Å². The third-order valence-corrected chi connectivity index (χ3v) is 4.72. The summed E-state index contributed by atoms with van der Waals surface area (Å²) in [6.45, 7) is 6.54. The number of carbonyl (C=O) groups excluding carboxylic acids is 1. The average Bonchev–Trinajstić information content (AvgIpc) is 3.37. The van der Waals surface area contributed by atoms with Crippen molar-refractivity contribution in [2.24, 2.45) is 11.0 Å². The molecule has 0 saturated heterocycles. The third-order valence-electron chi connectivity index (χ3n) is 4.72. The van der Waals surface area contributed by atoms with Crippen molar-refractivity contribution < 1.29 is 15.0 Å². The molecular weight excluding hydrogens is 328 g/mol. The van der Waals surface area contributed by atoms with Gasteiger partial charge in [0.2, 0.25) is 5.91 Å². The molecule has 0 heterocycles. The van der Waals surface area contributed by atoms with Gasteiger partial charge >= 0.3 is 0 Å². The minimum Gasteiger partial charge on any atom is -0.508 e. The monoisotopic (exact) mass is 352 g/mol. The second-order valence-corrected chi connectivity index (χ2v) is 7.80. The molecule has 2 unspecified atom stereocenters. The highest BCUT2D eigenvalue weighted by Gasteiger charge is 2.43. The Morgan fingerprint density at radius 3 is 2.46 bits per heavy atom. The molecule has 2 atom stereocenters. The van der Waals surface area contributed by atoms with E-state index in [0.29, 0.717) is 5.56 Å². The molecule has 0 radical (unpaired) electrons. The first kappa shape index (κ1) is 18.0. The van der Waals surface area contributed by atoms with Crippen LogP contribution in [0.1, 0.15) is 49.8 Å². The van der Waals surface area contributed by atoms with Crippen LogP contribution >= 0.6 is 0 Å². The molecule has 5 heteroatoms. The molecule has 3 rings (SSSR count). The highest BCUT2D eigenvalue weighted by molar-refractivity contribution is 5.87. The third kappa shape index (κ3) is 4.04. The van der Waals surface area contributed by atoms with Crippen molar-refractivity contribution in [2.45, 2.75) is 38.5 Å². The molecule has 0 bridgehead atoms. The Morgan fingerprint density at radius 2 is 1.85 bits per heavy atom.